The van der Waals surface area contributed by atoms with Gasteiger partial charge in [-0.3, -0.25) is 9.59 Å². The molecule has 3 heteroatoms. The van der Waals surface area contributed by atoms with Crippen molar-refractivity contribution in [2.75, 3.05) is 13.1 Å². The predicted octanol–water partition coefficient (Wildman–Crippen LogP) is 3.42. The second-order valence-corrected chi connectivity index (χ2v) is 5.74. The first-order valence-electron chi connectivity index (χ1n) is 7.74. The number of ketones is 1. The summed E-state index contributed by atoms with van der Waals surface area (Å²) in [5, 5.41) is 0. The van der Waals surface area contributed by atoms with Gasteiger partial charge in [0, 0.05) is 12.8 Å². The van der Waals surface area contributed by atoms with Crippen molar-refractivity contribution < 1.29 is 9.59 Å². The Hall–Kier alpha value is -1.30. The van der Waals surface area contributed by atoms with Gasteiger partial charge in [-0.15, -0.1) is 6.42 Å². The van der Waals surface area contributed by atoms with Gasteiger partial charge < -0.3 is 4.90 Å². The molecule has 0 bridgehead atoms. The predicted molar refractivity (Wildman–Crippen MR) is 83.3 cm³/mol. The van der Waals surface area contributed by atoms with Crippen LogP contribution in [0.1, 0.15) is 65.7 Å². The molecule has 0 aromatic carbocycles. The Kier molecular flexibility index (Phi) is 10.8. The van der Waals surface area contributed by atoms with Gasteiger partial charge in [0.1, 0.15) is 0 Å². The first-order chi connectivity index (χ1) is 9.51. The summed E-state index contributed by atoms with van der Waals surface area (Å²) < 4.78 is 0. The lowest BCUT2D eigenvalue weighted by molar-refractivity contribution is -0.134. The van der Waals surface area contributed by atoms with Crippen LogP contribution in [0.3, 0.4) is 0 Å². The quantitative estimate of drug-likeness (QED) is 0.429. The maximum Gasteiger partial charge on any atom is 0.223 e. The lowest BCUT2D eigenvalue weighted by atomic mass is 10.0. The van der Waals surface area contributed by atoms with Crippen LogP contribution in [0.2, 0.25) is 0 Å². The monoisotopic (exact) mass is 279 g/mol. The van der Waals surface area contributed by atoms with E-state index in [1.165, 1.54) is 4.90 Å². The van der Waals surface area contributed by atoms with Crippen LogP contribution >= 0.6 is 0 Å². The van der Waals surface area contributed by atoms with E-state index in [0.29, 0.717) is 18.8 Å². The molecule has 0 unspecified atom stereocenters. The fourth-order valence-corrected chi connectivity index (χ4v) is 2.00. The van der Waals surface area contributed by atoms with Crippen molar-refractivity contribution in [3.63, 3.8) is 0 Å². The Bertz CT molecular complexity index is 328. The number of unbranched alkanes of at least 4 members (excludes halogenated alkanes) is 2. The van der Waals surface area contributed by atoms with Crippen molar-refractivity contribution in [1.82, 2.24) is 4.90 Å². The number of nitrogens with zero attached hydrogens (tertiary/aromatic N) is 1. The fraction of sp³-hybridized carbons (Fsp3) is 0.765. The molecule has 0 aromatic rings. The maximum atomic E-state index is 11.9. The minimum atomic E-state index is 0.000306. The van der Waals surface area contributed by atoms with E-state index in [9.17, 15) is 9.59 Å². The molecule has 0 spiro atoms. The third-order valence-corrected chi connectivity index (χ3v) is 3.23. The van der Waals surface area contributed by atoms with E-state index in [1.54, 1.807) is 0 Å². The zero-order valence-corrected chi connectivity index (χ0v) is 13.3. The standard InChI is InChI=1S/C17H29NO2/c1-5-7-12-17(20)18(13-6-2)14-16(19)11-9-8-10-15(3)4/h2,15H,5,7-14H2,1,3-4H3. The molecule has 0 saturated heterocycles. The van der Waals surface area contributed by atoms with Crippen LogP contribution in [0.15, 0.2) is 0 Å². The van der Waals surface area contributed by atoms with Gasteiger partial charge in [-0.1, -0.05) is 46.0 Å². The van der Waals surface area contributed by atoms with E-state index >= 15 is 0 Å². The SMILES string of the molecule is C#CCN(CC(=O)CCCCC(C)C)C(=O)CCCC. The number of Topliss-reactive ketones (excluding diaryl/α,β-unsaturated/α-hetero) is 1. The summed E-state index contributed by atoms with van der Waals surface area (Å²) in [7, 11) is 0. The molecule has 0 heterocycles. The molecule has 0 aliphatic rings. The van der Waals surface area contributed by atoms with Crippen molar-refractivity contribution in [3.05, 3.63) is 0 Å². The van der Waals surface area contributed by atoms with Crippen molar-refractivity contribution in [1.29, 1.82) is 0 Å². The topological polar surface area (TPSA) is 37.4 Å². The number of carbonyl (C=O) groups is 2. The maximum absolute atomic E-state index is 11.9. The average Bonchev–Trinajstić information content (AvgIpc) is 2.40. The highest BCUT2D eigenvalue weighted by atomic mass is 16.2. The number of hydrogen-bond acceptors (Lipinski definition) is 2. The summed E-state index contributed by atoms with van der Waals surface area (Å²) in [6, 6.07) is 0. The Balaban J connectivity index is 4.07. The third-order valence-electron chi connectivity index (χ3n) is 3.23. The highest BCUT2D eigenvalue weighted by Gasteiger charge is 2.15. The zero-order valence-electron chi connectivity index (χ0n) is 13.3. The molecular formula is C17H29NO2. The molecule has 0 saturated carbocycles. The molecule has 0 rings (SSSR count). The fourth-order valence-electron chi connectivity index (χ4n) is 2.00. The van der Waals surface area contributed by atoms with E-state index in [2.05, 4.69) is 19.8 Å². The Labute approximate surface area is 124 Å². The van der Waals surface area contributed by atoms with E-state index in [0.717, 1.165) is 32.1 Å². The van der Waals surface area contributed by atoms with Crippen LogP contribution in [-0.2, 0) is 9.59 Å². The summed E-state index contributed by atoms with van der Waals surface area (Å²) in [6.07, 6.45) is 11.3. The summed E-state index contributed by atoms with van der Waals surface area (Å²) in [5.41, 5.74) is 0. The largest absolute Gasteiger partial charge is 0.324 e. The van der Waals surface area contributed by atoms with Crippen LogP contribution in [-0.4, -0.2) is 29.7 Å². The Morgan fingerprint density at radius 3 is 2.40 bits per heavy atom. The van der Waals surface area contributed by atoms with Crippen molar-refractivity contribution in [3.8, 4) is 12.3 Å². The lowest BCUT2D eigenvalue weighted by Crippen LogP contribution is -2.35. The highest BCUT2D eigenvalue weighted by Crippen LogP contribution is 2.09. The van der Waals surface area contributed by atoms with Crippen molar-refractivity contribution in [2.45, 2.75) is 65.7 Å². The van der Waals surface area contributed by atoms with Gasteiger partial charge in [-0.25, -0.2) is 0 Å². The number of amides is 1. The molecule has 3 nitrogen and oxygen atoms in total. The Morgan fingerprint density at radius 2 is 1.85 bits per heavy atom. The van der Waals surface area contributed by atoms with Gasteiger partial charge in [0.2, 0.25) is 5.91 Å². The smallest absolute Gasteiger partial charge is 0.223 e. The first kappa shape index (κ1) is 18.7. The number of rotatable bonds is 11. The zero-order chi connectivity index (χ0) is 15.4. The second-order valence-electron chi connectivity index (χ2n) is 5.74. The van der Waals surface area contributed by atoms with Gasteiger partial charge in [-0.2, -0.15) is 0 Å². The molecule has 114 valence electrons. The van der Waals surface area contributed by atoms with E-state index in [1.807, 2.05) is 6.92 Å². The molecule has 0 aliphatic heterocycles. The molecule has 0 aromatic heterocycles. The molecule has 0 fully saturated rings. The normalized spacial score (nSPS) is 10.3. The van der Waals surface area contributed by atoms with Crippen LogP contribution < -0.4 is 0 Å². The van der Waals surface area contributed by atoms with Crippen LogP contribution in [0.4, 0.5) is 0 Å². The molecular weight excluding hydrogens is 250 g/mol. The molecule has 0 N–H and O–H groups in total. The second kappa shape index (κ2) is 11.5. The van der Waals surface area contributed by atoms with Gasteiger partial charge in [0.05, 0.1) is 13.1 Å². The molecule has 0 atom stereocenters. The van der Waals surface area contributed by atoms with E-state index in [-0.39, 0.29) is 24.8 Å². The van der Waals surface area contributed by atoms with E-state index in [4.69, 9.17) is 6.42 Å². The van der Waals surface area contributed by atoms with Crippen molar-refractivity contribution >= 4 is 11.7 Å². The average molecular weight is 279 g/mol. The van der Waals surface area contributed by atoms with Gasteiger partial charge in [-0.05, 0) is 18.8 Å². The van der Waals surface area contributed by atoms with Crippen LogP contribution in [0.25, 0.3) is 0 Å². The van der Waals surface area contributed by atoms with Gasteiger partial charge in [0.15, 0.2) is 5.78 Å². The summed E-state index contributed by atoms with van der Waals surface area (Å²) >= 11 is 0. The van der Waals surface area contributed by atoms with Crippen LogP contribution in [0, 0.1) is 18.3 Å². The summed E-state index contributed by atoms with van der Waals surface area (Å²) in [4.78, 5) is 25.3. The third kappa shape index (κ3) is 9.61. The lowest BCUT2D eigenvalue weighted by Gasteiger charge is -2.19. The number of carbonyl (C=O) groups excluding carboxylic acids is 2. The molecule has 0 aliphatic carbocycles. The van der Waals surface area contributed by atoms with Crippen molar-refractivity contribution in [2.24, 2.45) is 5.92 Å². The van der Waals surface area contributed by atoms with Gasteiger partial charge in [0.25, 0.3) is 0 Å². The molecule has 0 radical (unpaired) electrons. The van der Waals surface area contributed by atoms with E-state index < -0.39 is 0 Å². The molecule has 1 amide bonds. The highest BCUT2D eigenvalue weighted by molar-refractivity contribution is 5.86. The first-order valence-corrected chi connectivity index (χ1v) is 7.74. The Morgan fingerprint density at radius 1 is 1.15 bits per heavy atom. The summed E-state index contributed by atoms with van der Waals surface area (Å²) in [6.45, 7) is 6.82. The van der Waals surface area contributed by atoms with Crippen LogP contribution in [0.5, 0.6) is 0 Å². The number of hydrogen-bond donors (Lipinski definition) is 0. The molecule has 20 heavy (non-hydrogen) atoms. The van der Waals surface area contributed by atoms with Gasteiger partial charge >= 0.3 is 0 Å². The number of terminal acetylenes is 1. The summed E-state index contributed by atoms with van der Waals surface area (Å²) in [5.74, 6) is 3.26. The minimum Gasteiger partial charge on any atom is -0.324 e. The minimum absolute atomic E-state index is 0.000306.